The van der Waals surface area contributed by atoms with Crippen LogP contribution in [-0.4, -0.2) is 25.9 Å². The van der Waals surface area contributed by atoms with Gasteiger partial charge in [-0.1, -0.05) is 24.3 Å². The summed E-state index contributed by atoms with van der Waals surface area (Å²) in [5.41, 5.74) is 6.79. The average molecular weight is 418 g/mol. The Kier molecular flexibility index (Phi) is 6.78. The molecule has 0 heterocycles. The Bertz CT molecular complexity index is 1010. The largest absolute Gasteiger partial charge is 0.508 e. The Morgan fingerprint density at radius 2 is 1.65 bits per heavy atom. The van der Waals surface area contributed by atoms with Crippen molar-refractivity contribution in [3.8, 4) is 17.2 Å². The first-order chi connectivity index (χ1) is 15.2. The minimum Gasteiger partial charge on any atom is -0.508 e. The summed E-state index contributed by atoms with van der Waals surface area (Å²) >= 11 is 0. The summed E-state index contributed by atoms with van der Waals surface area (Å²) in [6, 6.07) is 20.4. The van der Waals surface area contributed by atoms with Crippen LogP contribution in [0.1, 0.15) is 40.2 Å². The molecule has 31 heavy (non-hydrogen) atoms. The standard InChI is InChI=1S/C27H31NO3/c1-30-25-10-7-20-15-22(6-5-21(20)16-25)27-12-11-26(31-2)17-23(27)18-28-14-13-19-3-8-24(29)9-4-19/h3-4,7-12,16-17,22,28-29H,5-6,13-15,18H2,1-2H3. The summed E-state index contributed by atoms with van der Waals surface area (Å²) in [6.45, 7) is 1.70. The Hall–Kier alpha value is -2.98. The maximum absolute atomic E-state index is 9.43. The molecule has 0 fully saturated rings. The first-order valence-corrected chi connectivity index (χ1v) is 11.0. The molecule has 0 aliphatic heterocycles. The molecule has 0 saturated heterocycles. The van der Waals surface area contributed by atoms with Gasteiger partial charge >= 0.3 is 0 Å². The lowest BCUT2D eigenvalue weighted by atomic mass is 9.78. The molecular formula is C27H31NO3. The van der Waals surface area contributed by atoms with Crippen molar-refractivity contribution in [2.75, 3.05) is 20.8 Å². The van der Waals surface area contributed by atoms with E-state index < -0.39 is 0 Å². The third-order valence-corrected chi connectivity index (χ3v) is 6.27. The van der Waals surface area contributed by atoms with E-state index in [0.717, 1.165) is 50.3 Å². The number of phenolic OH excluding ortho intramolecular Hbond substituents is 1. The van der Waals surface area contributed by atoms with Crippen LogP contribution in [0.25, 0.3) is 0 Å². The second-order valence-electron chi connectivity index (χ2n) is 8.23. The summed E-state index contributed by atoms with van der Waals surface area (Å²) in [4.78, 5) is 0. The van der Waals surface area contributed by atoms with Gasteiger partial charge in [0.25, 0.3) is 0 Å². The zero-order valence-electron chi connectivity index (χ0n) is 18.4. The third-order valence-electron chi connectivity index (χ3n) is 6.27. The van der Waals surface area contributed by atoms with E-state index in [9.17, 15) is 5.11 Å². The molecule has 1 aliphatic rings. The molecule has 0 radical (unpaired) electrons. The first kappa shape index (κ1) is 21.3. The number of nitrogens with one attached hydrogen (secondary N) is 1. The molecule has 1 atom stereocenters. The first-order valence-electron chi connectivity index (χ1n) is 11.0. The van der Waals surface area contributed by atoms with Crippen molar-refractivity contribution in [1.29, 1.82) is 0 Å². The number of ether oxygens (including phenoxy) is 2. The van der Waals surface area contributed by atoms with Crippen LogP contribution in [0.2, 0.25) is 0 Å². The molecule has 4 nitrogen and oxygen atoms in total. The number of methoxy groups -OCH3 is 2. The molecule has 4 rings (SSSR count). The van der Waals surface area contributed by atoms with Crippen LogP contribution in [0.3, 0.4) is 0 Å². The Balaban J connectivity index is 1.44. The van der Waals surface area contributed by atoms with Crippen LogP contribution in [0.4, 0.5) is 0 Å². The quantitative estimate of drug-likeness (QED) is 0.506. The van der Waals surface area contributed by atoms with E-state index in [0.29, 0.717) is 11.7 Å². The summed E-state index contributed by atoms with van der Waals surface area (Å²) in [5.74, 6) is 2.67. The van der Waals surface area contributed by atoms with Gasteiger partial charge in [0.15, 0.2) is 0 Å². The number of phenols is 1. The fourth-order valence-electron chi connectivity index (χ4n) is 4.50. The van der Waals surface area contributed by atoms with Gasteiger partial charge in [-0.15, -0.1) is 0 Å². The Labute approximate surface area is 184 Å². The zero-order chi connectivity index (χ0) is 21.6. The van der Waals surface area contributed by atoms with Crippen LogP contribution >= 0.6 is 0 Å². The SMILES string of the molecule is COc1ccc2c(c1)CCC(c1ccc(OC)cc1CNCCc1ccc(O)cc1)C2. The Morgan fingerprint density at radius 3 is 2.42 bits per heavy atom. The van der Waals surface area contributed by atoms with Gasteiger partial charge in [0, 0.05) is 6.54 Å². The highest BCUT2D eigenvalue weighted by molar-refractivity contribution is 5.43. The molecule has 2 N–H and O–H groups in total. The number of aryl methyl sites for hydroxylation is 1. The average Bonchev–Trinajstić information content (AvgIpc) is 2.82. The maximum Gasteiger partial charge on any atom is 0.119 e. The van der Waals surface area contributed by atoms with Gasteiger partial charge in [-0.3, -0.25) is 0 Å². The number of benzene rings is 3. The van der Waals surface area contributed by atoms with Crippen molar-refractivity contribution in [2.24, 2.45) is 0 Å². The van der Waals surface area contributed by atoms with Crippen LogP contribution in [0.15, 0.2) is 60.7 Å². The summed E-state index contributed by atoms with van der Waals surface area (Å²) in [7, 11) is 3.45. The molecule has 4 heteroatoms. The van der Waals surface area contributed by atoms with E-state index in [1.165, 1.54) is 27.8 Å². The fourth-order valence-corrected chi connectivity index (χ4v) is 4.50. The molecular weight excluding hydrogens is 386 g/mol. The van der Waals surface area contributed by atoms with Crippen molar-refractivity contribution in [2.45, 2.75) is 38.1 Å². The third kappa shape index (κ3) is 5.20. The van der Waals surface area contributed by atoms with E-state index in [-0.39, 0.29) is 0 Å². The topological polar surface area (TPSA) is 50.7 Å². The molecule has 162 valence electrons. The van der Waals surface area contributed by atoms with Crippen LogP contribution in [0.5, 0.6) is 17.2 Å². The summed E-state index contributed by atoms with van der Waals surface area (Å²) < 4.78 is 10.9. The number of aromatic hydroxyl groups is 1. The maximum atomic E-state index is 9.43. The van der Waals surface area contributed by atoms with Gasteiger partial charge < -0.3 is 19.9 Å². The number of hydrogen-bond donors (Lipinski definition) is 2. The summed E-state index contributed by atoms with van der Waals surface area (Å²) in [5, 5.41) is 13.0. The zero-order valence-corrected chi connectivity index (χ0v) is 18.4. The molecule has 3 aromatic carbocycles. The van der Waals surface area contributed by atoms with Crippen molar-refractivity contribution in [1.82, 2.24) is 5.32 Å². The number of rotatable bonds is 8. The van der Waals surface area contributed by atoms with Gasteiger partial charge in [0.05, 0.1) is 14.2 Å². The molecule has 0 aromatic heterocycles. The predicted molar refractivity (Wildman–Crippen MR) is 124 cm³/mol. The number of hydrogen-bond acceptors (Lipinski definition) is 4. The molecule has 0 amide bonds. The highest BCUT2D eigenvalue weighted by atomic mass is 16.5. The van der Waals surface area contributed by atoms with E-state index in [2.05, 4.69) is 41.7 Å². The summed E-state index contributed by atoms with van der Waals surface area (Å²) in [6.07, 6.45) is 4.22. The molecule has 0 bridgehead atoms. The normalized spacial score (nSPS) is 15.4. The molecule has 1 aliphatic carbocycles. The highest BCUT2D eigenvalue weighted by Crippen LogP contribution is 2.36. The van der Waals surface area contributed by atoms with E-state index in [4.69, 9.17) is 9.47 Å². The second-order valence-corrected chi connectivity index (χ2v) is 8.23. The van der Waals surface area contributed by atoms with Gasteiger partial charge in [-0.25, -0.2) is 0 Å². The van der Waals surface area contributed by atoms with Gasteiger partial charge in [0.1, 0.15) is 17.2 Å². The molecule has 0 saturated carbocycles. The van der Waals surface area contributed by atoms with E-state index in [1.807, 2.05) is 12.1 Å². The van der Waals surface area contributed by atoms with Gasteiger partial charge in [-0.2, -0.15) is 0 Å². The van der Waals surface area contributed by atoms with Crippen molar-refractivity contribution >= 4 is 0 Å². The minimum absolute atomic E-state index is 0.310. The van der Waals surface area contributed by atoms with Crippen LogP contribution in [0, 0.1) is 0 Å². The fraction of sp³-hybridized carbons (Fsp3) is 0.333. The van der Waals surface area contributed by atoms with E-state index in [1.54, 1.807) is 26.4 Å². The Morgan fingerprint density at radius 1 is 0.903 bits per heavy atom. The van der Waals surface area contributed by atoms with Gasteiger partial charge in [-0.05, 0) is 102 Å². The second kappa shape index (κ2) is 9.88. The highest BCUT2D eigenvalue weighted by Gasteiger charge is 2.23. The smallest absolute Gasteiger partial charge is 0.119 e. The van der Waals surface area contributed by atoms with Crippen molar-refractivity contribution in [3.05, 3.63) is 88.5 Å². The van der Waals surface area contributed by atoms with Gasteiger partial charge in [0.2, 0.25) is 0 Å². The van der Waals surface area contributed by atoms with Crippen molar-refractivity contribution < 1.29 is 14.6 Å². The van der Waals surface area contributed by atoms with Crippen LogP contribution in [-0.2, 0) is 25.8 Å². The molecule has 0 spiro atoms. The lowest BCUT2D eigenvalue weighted by Gasteiger charge is -2.27. The predicted octanol–water partition coefficient (Wildman–Crippen LogP) is 5.01. The van der Waals surface area contributed by atoms with Crippen molar-refractivity contribution in [3.63, 3.8) is 0 Å². The van der Waals surface area contributed by atoms with Crippen LogP contribution < -0.4 is 14.8 Å². The minimum atomic E-state index is 0.310. The monoisotopic (exact) mass is 417 g/mol. The molecule has 3 aromatic rings. The van der Waals surface area contributed by atoms with E-state index >= 15 is 0 Å². The molecule has 1 unspecified atom stereocenters. The lowest BCUT2D eigenvalue weighted by Crippen LogP contribution is -2.20. The number of fused-ring (bicyclic) bond motifs is 1. The lowest BCUT2D eigenvalue weighted by molar-refractivity contribution is 0.412.